The zero-order chi connectivity index (χ0) is 20.3. The lowest BCUT2D eigenvalue weighted by molar-refractivity contribution is -0.132. The largest absolute Gasteiger partial charge is 0.398 e. The van der Waals surface area contributed by atoms with E-state index in [2.05, 4.69) is 4.98 Å². The summed E-state index contributed by atoms with van der Waals surface area (Å²) in [5, 5.41) is -0.376. The van der Waals surface area contributed by atoms with E-state index >= 15 is 0 Å². The summed E-state index contributed by atoms with van der Waals surface area (Å²) in [6, 6.07) is -2.92. The average molecular weight is 291 g/mol. The van der Waals surface area contributed by atoms with Crippen molar-refractivity contribution in [2.24, 2.45) is 0 Å². The third kappa shape index (κ3) is 2.12. The van der Waals surface area contributed by atoms with Gasteiger partial charge in [-0.15, -0.1) is 0 Å². The maximum absolute atomic E-state index is 13.1. The van der Waals surface area contributed by atoms with Crippen LogP contribution >= 0.6 is 0 Å². The Morgan fingerprint density at radius 1 is 1.43 bits per heavy atom. The lowest BCUT2D eigenvalue weighted by Gasteiger charge is -2.24. The molecule has 0 spiro atoms. The van der Waals surface area contributed by atoms with Crippen molar-refractivity contribution in [1.29, 1.82) is 0 Å². The number of aromatic nitrogens is 2. The summed E-state index contributed by atoms with van der Waals surface area (Å²) in [5.41, 5.74) is 3.99. The summed E-state index contributed by atoms with van der Waals surface area (Å²) in [4.78, 5) is 40.8. The molecule has 1 aliphatic rings. The third-order valence-electron chi connectivity index (χ3n) is 3.51. The van der Waals surface area contributed by atoms with Crippen molar-refractivity contribution >= 4 is 28.2 Å². The number of Topliss-reactive ketones (excluding diaryl/α,β-unsaturated/α-hetero) is 2. The first kappa shape index (κ1) is 8.07. The van der Waals surface area contributed by atoms with Gasteiger partial charge in [-0.2, -0.15) is 0 Å². The van der Waals surface area contributed by atoms with Crippen LogP contribution in [0.2, 0.25) is 0 Å². The van der Waals surface area contributed by atoms with Crippen molar-refractivity contribution in [3.8, 4) is 0 Å². The van der Waals surface area contributed by atoms with Gasteiger partial charge in [-0.3, -0.25) is 19.0 Å². The normalized spacial score (nSPS) is 23.9. The van der Waals surface area contributed by atoms with Gasteiger partial charge >= 0.3 is 0 Å². The van der Waals surface area contributed by atoms with Crippen molar-refractivity contribution in [2.75, 3.05) is 5.73 Å². The van der Waals surface area contributed by atoms with Crippen molar-refractivity contribution < 1.29 is 17.8 Å². The van der Waals surface area contributed by atoms with Gasteiger partial charge in [-0.1, -0.05) is 6.04 Å². The molecule has 21 heavy (non-hydrogen) atoms. The first-order valence-corrected chi connectivity index (χ1v) is 6.31. The van der Waals surface area contributed by atoms with Gasteiger partial charge in [0.05, 0.1) is 27.5 Å². The Balaban J connectivity index is 2.46. The van der Waals surface area contributed by atoms with E-state index in [0.717, 1.165) is 0 Å². The molecule has 1 aromatic heterocycles. The minimum absolute atomic E-state index is 0.00977. The highest BCUT2D eigenvalue weighted by molar-refractivity contribution is 6.03. The number of carbonyl (C=O) groups excluding carboxylic acids is 2. The van der Waals surface area contributed by atoms with Gasteiger partial charge in [0.2, 0.25) is 0 Å². The van der Waals surface area contributed by atoms with Gasteiger partial charge in [0, 0.05) is 16.2 Å². The number of aryl methyl sites for hydroxylation is 1. The van der Waals surface area contributed by atoms with Crippen LogP contribution in [0, 0.1) is 6.85 Å². The van der Waals surface area contributed by atoms with Gasteiger partial charge in [0.15, 0.2) is 5.78 Å². The number of ketones is 2. The molecule has 1 atom stereocenters. The first-order chi connectivity index (χ1) is 12.4. The average Bonchev–Trinajstić information content (AvgIpc) is 2.57. The molecule has 3 rings (SSSR count). The zero-order valence-electron chi connectivity index (χ0n) is 16.9. The molecule has 0 amide bonds. The number of anilines is 1. The summed E-state index contributed by atoms with van der Waals surface area (Å²) in [7, 11) is 0. The number of nitrogens with two attached hydrogens (primary N) is 1. The van der Waals surface area contributed by atoms with Gasteiger partial charge in [0.1, 0.15) is 11.6 Å². The second-order valence-corrected chi connectivity index (χ2v) is 4.86. The molecule has 1 saturated carbocycles. The molecular formula is C15H15N3O3. The Morgan fingerprint density at radius 2 is 2.24 bits per heavy atom. The van der Waals surface area contributed by atoms with Crippen molar-refractivity contribution in [3.63, 3.8) is 0 Å². The second kappa shape index (κ2) is 4.80. The molecule has 0 unspecified atom stereocenters. The maximum Gasteiger partial charge on any atom is 0.264 e. The Labute approximate surface area is 129 Å². The topological polar surface area (TPSA) is 95.0 Å². The molecule has 0 radical (unpaired) electrons. The minimum atomic E-state index is -2.89. The van der Waals surface area contributed by atoms with E-state index in [1.807, 2.05) is 0 Å². The number of rotatable bonds is 1. The Bertz CT molecular complexity index is 1060. The standard InChI is InChI=1S/C15H15N3O3/c1-8-17-11-4-2-3-10(16)14(11)15(21)18(8)12-6-5-9(19)7-13(12)20/h2-4,12H,5-7,16H2,1H3/t12-/m1/s1/i1D3,2D,3D,4D. The van der Waals surface area contributed by atoms with Crippen LogP contribution in [-0.2, 0) is 9.59 Å². The lowest BCUT2D eigenvalue weighted by atomic mass is 9.92. The number of nitrogens with zero attached hydrogens (tertiary/aromatic N) is 2. The summed E-state index contributed by atoms with van der Waals surface area (Å²) in [6.45, 7) is -2.89. The molecular weight excluding hydrogens is 270 g/mol. The van der Waals surface area contributed by atoms with E-state index in [9.17, 15) is 14.4 Å². The van der Waals surface area contributed by atoms with Crippen molar-refractivity contribution in [2.45, 2.75) is 32.2 Å². The van der Waals surface area contributed by atoms with Crippen molar-refractivity contribution in [1.82, 2.24) is 9.55 Å². The number of hydrogen-bond acceptors (Lipinski definition) is 5. The van der Waals surface area contributed by atoms with E-state index < -0.39 is 65.8 Å². The molecule has 1 aliphatic carbocycles. The zero-order valence-corrected chi connectivity index (χ0v) is 10.9. The molecule has 2 aromatic rings. The van der Waals surface area contributed by atoms with Crippen LogP contribution in [0.3, 0.4) is 0 Å². The Kier molecular flexibility index (Phi) is 1.84. The van der Waals surface area contributed by atoms with Gasteiger partial charge < -0.3 is 5.73 Å². The SMILES string of the molecule is [2H]c1c([2H])c(N)c2c(=O)n([C@@H]3CCC(=O)CC3=O)c(C([2H])([2H])[2H])nc2c1[2H]. The summed E-state index contributed by atoms with van der Waals surface area (Å²) in [5.74, 6) is -1.61. The Morgan fingerprint density at radius 3 is 2.95 bits per heavy atom. The third-order valence-corrected chi connectivity index (χ3v) is 3.51. The molecule has 0 aliphatic heterocycles. The van der Waals surface area contributed by atoms with E-state index in [4.69, 9.17) is 14.0 Å². The van der Waals surface area contributed by atoms with E-state index in [1.165, 1.54) is 0 Å². The predicted octanol–water partition coefficient (Wildman–Crippen LogP) is 1.15. The molecule has 2 N–H and O–H groups in total. The predicted molar refractivity (Wildman–Crippen MR) is 78.1 cm³/mol. The molecule has 1 aromatic carbocycles. The van der Waals surface area contributed by atoms with Gasteiger partial charge in [0.25, 0.3) is 5.56 Å². The molecule has 1 fully saturated rings. The van der Waals surface area contributed by atoms with Crippen LogP contribution < -0.4 is 11.3 Å². The van der Waals surface area contributed by atoms with Crippen LogP contribution in [0.1, 0.15) is 39.4 Å². The summed E-state index contributed by atoms with van der Waals surface area (Å²) in [6.07, 6.45) is -0.453. The monoisotopic (exact) mass is 291 g/mol. The highest BCUT2D eigenvalue weighted by Gasteiger charge is 2.30. The summed E-state index contributed by atoms with van der Waals surface area (Å²) < 4.78 is 47.2. The summed E-state index contributed by atoms with van der Waals surface area (Å²) >= 11 is 0. The van der Waals surface area contributed by atoms with Crippen LogP contribution in [0.25, 0.3) is 10.9 Å². The number of carbonyl (C=O) groups is 2. The van der Waals surface area contributed by atoms with E-state index in [0.29, 0.717) is 4.57 Å². The molecule has 108 valence electrons. The van der Waals surface area contributed by atoms with Gasteiger partial charge in [-0.05, 0) is 25.4 Å². The quantitative estimate of drug-likeness (QED) is 0.628. The number of nitrogen functional groups attached to an aromatic ring is 1. The van der Waals surface area contributed by atoms with Crippen LogP contribution in [0.15, 0.2) is 22.9 Å². The fraction of sp³-hybridized carbons (Fsp3) is 0.333. The molecule has 1 heterocycles. The molecule has 0 saturated heterocycles. The minimum Gasteiger partial charge on any atom is -0.398 e. The molecule has 6 heteroatoms. The first-order valence-electron chi connectivity index (χ1n) is 9.31. The van der Waals surface area contributed by atoms with Crippen LogP contribution in [0.5, 0.6) is 0 Å². The fourth-order valence-electron chi connectivity index (χ4n) is 2.51. The molecule has 0 bridgehead atoms. The highest BCUT2D eigenvalue weighted by atomic mass is 16.2. The van der Waals surface area contributed by atoms with E-state index in [1.54, 1.807) is 0 Å². The second-order valence-electron chi connectivity index (χ2n) is 4.86. The highest BCUT2D eigenvalue weighted by Crippen LogP contribution is 2.24. The lowest BCUT2D eigenvalue weighted by Crippen LogP contribution is -2.36. The van der Waals surface area contributed by atoms with E-state index in [-0.39, 0.29) is 24.0 Å². The number of fused-ring (bicyclic) bond motifs is 1. The van der Waals surface area contributed by atoms with Crippen molar-refractivity contribution in [3.05, 3.63) is 34.3 Å². The fourth-order valence-corrected chi connectivity index (χ4v) is 2.51. The van der Waals surface area contributed by atoms with Crippen LogP contribution in [-0.4, -0.2) is 21.1 Å². The number of hydrogen-bond donors (Lipinski definition) is 1. The van der Waals surface area contributed by atoms with Crippen LogP contribution in [0.4, 0.5) is 5.69 Å². The van der Waals surface area contributed by atoms with Gasteiger partial charge in [-0.25, -0.2) is 4.98 Å². The number of benzene rings is 1. The Hall–Kier alpha value is -2.50. The smallest absolute Gasteiger partial charge is 0.264 e. The molecule has 6 nitrogen and oxygen atoms in total. The maximum atomic E-state index is 13.1.